The van der Waals surface area contributed by atoms with Crippen molar-refractivity contribution in [2.24, 2.45) is 11.5 Å². The zero-order valence-electron chi connectivity index (χ0n) is 7.42. The molecule has 0 rings (SSSR count). The number of carboxylic acids is 1. The van der Waals surface area contributed by atoms with E-state index in [1.165, 1.54) is 0 Å². The average Bonchev–Trinajstić information content (AvgIpc) is 1.97. The predicted octanol–water partition coefficient (Wildman–Crippen LogP) is -1.34. The molecule has 0 aromatic carbocycles. The third-order valence-corrected chi connectivity index (χ3v) is 1.32. The molecule has 0 heterocycles. The third kappa shape index (κ3) is 9.54. The Bertz CT molecular complexity index is 176. The van der Waals surface area contributed by atoms with Gasteiger partial charge in [-0.3, -0.25) is 10.2 Å². The Morgan fingerprint density at radius 1 is 1.62 bits per heavy atom. The van der Waals surface area contributed by atoms with E-state index in [1.54, 1.807) is 0 Å². The van der Waals surface area contributed by atoms with Gasteiger partial charge in [0.15, 0.2) is 5.96 Å². The number of carboxylic acid groups (broad SMARTS) is 1. The molecule has 0 fully saturated rings. The van der Waals surface area contributed by atoms with Crippen LogP contribution in [0.15, 0.2) is 0 Å². The van der Waals surface area contributed by atoms with Crippen molar-refractivity contribution >= 4 is 11.9 Å². The molecule has 7 heteroatoms. The van der Waals surface area contributed by atoms with E-state index in [1.807, 2.05) is 0 Å². The molecule has 13 heavy (non-hydrogen) atoms. The molecule has 0 aliphatic heterocycles. The summed E-state index contributed by atoms with van der Waals surface area (Å²) in [4.78, 5) is 10.2. The van der Waals surface area contributed by atoms with Gasteiger partial charge in [-0.15, -0.1) is 0 Å². The van der Waals surface area contributed by atoms with Gasteiger partial charge in [-0.1, -0.05) is 0 Å². The number of rotatable bonds is 5. The molecule has 0 aromatic heterocycles. The van der Waals surface area contributed by atoms with Gasteiger partial charge in [-0.05, 0) is 12.8 Å². The second-order valence-electron chi connectivity index (χ2n) is 2.43. The Hall–Kier alpha value is -0.378. The molecule has 0 amide bonds. The van der Waals surface area contributed by atoms with Gasteiger partial charge in [-0.25, -0.2) is 0 Å². The van der Waals surface area contributed by atoms with Gasteiger partial charge in [0.1, 0.15) is 6.04 Å². The molecule has 0 saturated carbocycles. The Labute approximate surface area is 96.7 Å². The van der Waals surface area contributed by atoms with Gasteiger partial charge in [0.25, 0.3) is 0 Å². The summed E-state index contributed by atoms with van der Waals surface area (Å²) >= 11 is 0. The maximum Gasteiger partial charge on any atom is 0.320 e. The van der Waals surface area contributed by atoms with Crippen molar-refractivity contribution in [3.63, 3.8) is 0 Å². The number of nitrogens with one attached hydrogen (secondary N) is 2. The van der Waals surface area contributed by atoms with Crippen LogP contribution in [-0.4, -0.2) is 29.6 Å². The molecule has 0 spiro atoms. The Morgan fingerprint density at radius 2 is 2.15 bits per heavy atom. The van der Waals surface area contributed by atoms with Crippen molar-refractivity contribution in [2.75, 3.05) is 6.54 Å². The van der Waals surface area contributed by atoms with Crippen LogP contribution in [0.25, 0.3) is 0 Å². The molecule has 0 aromatic rings. The largest absolute Gasteiger partial charge is 0.480 e. The van der Waals surface area contributed by atoms with E-state index in [0.717, 1.165) is 0 Å². The zero-order valence-corrected chi connectivity index (χ0v) is 11.5. The Morgan fingerprint density at radius 3 is 2.54 bits per heavy atom. The molecular formula is C6H14CdN4O2. The van der Waals surface area contributed by atoms with E-state index in [9.17, 15) is 4.79 Å². The number of hydrogen-bond donors (Lipinski definition) is 5. The molecule has 0 radical (unpaired) electrons. The predicted molar refractivity (Wildman–Crippen MR) is 44.8 cm³/mol. The van der Waals surface area contributed by atoms with Gasteiger partial charge in [0.2, 0.25) is 0 Å². The van der Waals surface area contributed by atoms with Crippen LogP contribution in [0.5, 0.6) is 0 Å². The van der Waals surface area contributed by atoms with Crippen LogP contribution in [0.2, 0.25) is 0 Å². The third-order valence-electron chi connectivity index (χ3n) is 1.32. The summed E-state index contributed by atoms with van der Waals surface area (Å²) in [5, 5.41) is 17.7. The second kappa shape index (κ2) is 8.23. The molecular weight excluding hydrogens is 273 g/mol. The summed E-state index contributed by atoms with van der Waals surface area (Å²) in [6, 6.07) is -0.821. The SMILES string of the molecule is N=C(N)NCCCC(N)C(=O)O.[Cd]. The standard InChI is InChI=1S/C6H14N4O2.Cd/c7-4(5(11)12)2-1-3-10-6(8)9;/h4H,1-3,7H2,(H,11,12)(H4,8,9,10);. The first kappa shape index (κ1) is 15.1. The van der Waals surface area contributed by atoms with E-state index in [4.69, 9.17) is 22.0 Å². The van der Waals surface area contributed by atoms with Gasteiger partial charge in [0, 0.05) is 33.8 Å². The van der Waals surface area contributed by atoms with Crippen LogP contribution < -0.4 is 16.8 Å². The number of guanidine groups is 1. The molecule has 0 aliphatic rings. The fourth-order valence-electron chi connectivity index (χ4n) is 0.669. The smallest absolute Gasteiger partial charge is 0.320 e. The maximum atomic E-state index is 10.2. The maximum absolute atomic E-state index is 10.2. The van der Waals surface area contributed by atoms with E-state index >= 15 is 0 Å². The molecule has 1 atom stereocenters. The van der Waals surface area contributed by atoms with Crippen molar-refractivity contribution in [3.8, 4) is 0 Å². The van der Waals surface area contributed by atoms with Crippen LogP contribution in [0.3, 0.4) is 0 Å². The topological polar surface area (TPSA) is 125 Å². The van der Waals surface area contributed by atoms with Gasteiger partial charge in [0.05, 0.1) is 0 Å². The summed E-state index contributed by atoms with van der Waals surface area (Å²) in [5.74, 6) is -1.11. The van der Waals surface area contributed by atoms with Crippen molar-refractivity contribution in [2.45, 2.75) is 18.9 Å². The van der Waals surface area contributed by atoms with Crippen LogP contribution in [0.4, 0.5) is 0 Å². The summed E-state index contributed by atoms with van der Waals surface area (Å²) in [7, 11) is 0. The Kier molecular flexibility index (Phi) is 9.57. The molecule has 7 N–H and O–H groups in total. The molecule has 0 saturated heterocycles. The normalized spacial score (nSPS) is 11.2. The minimum Gasteiger partial charge on any atom is -0.480 e. The van der Waals surface area contributed by atoms with Crippen LogP contribution >= 0.6 is 0 Å². The fraction of sp³-hybridized carbons (Fsp3) is 0.667. The van der Waals surface area contributed by atoms with Gasteiger partial charge < -0.3 is 21.9 Å². The quantitative estimate of drug-likeness (QED) is 0.185. The van der Waals surface area contributed by atoms with E-state index in [0.29, 0.717) is 19.4 Å². The van der Waals surface area contributed by atoms with Crippen LogP contribution in [0, 0.1) is 5.41 Å². The first-order valence-corrected chi connectivity index (χ1v) is 3.60. The van der Waals surface area contributed by atoms with E-state index in [2.05, 4.69) is 5.32 Å². The fourth-order valence-corrected chi connectivity index (χ4v) is 0.669. The van der Waals surface area contributed by atoms with Crippen LogP contribution in [0.1, 0.15) is 12.8 Å². The van der Waals surface area contributed by atoms with Crippen molar-refractivity contribution in [1.29, 1.82) is 5.41 Å². The summed E-state index contributed by atoms with van der Waals surface area (Å²) in [6.45, 7) is 0.482. The molecule has 6 nitrogen and oxygen atoms in total. The first-order valence-electron chi connectivity index (χ1n) is 3.60. The second-order valence-corrected chi connectivity index (χ2v) is 2.43. The van der Waals surface area contributed by atoms with Crippen molar-refractivity contribution < 1.29 is 37.2 Å². The molecule has 72 valence electrons. The molecule has 1 unspecified atom stereocenters. The van der Waals surface area contributed by atoms with Crippen molar-refractivity contribution in [3.05, 3.63) is 0 Å². The number of nitrogens with two attached hydrogens (primary N) is 2. The van der Waals surface area contributed by atoms with E-state index < -0.39 is 12.0 Å². The van der Waals surface area contributed by atoms with E-state index in [-0.39, 0.29) is 33.3 Å². The zero-order chi connectivity index (χ0) is 9.56. The van der Waals surface area contributed by atoms with Gasteiger partial charge >= 0.3 is 5.97 Å². The summed E-state index contributed by atoms with van der Waals surface area (Å²) < 4.78 is 0. The number of carbonyl (C=O) groups is 1. The minimum atomic E-state index is -1.00. The molecule has 0 bridgehead atoms. The minimum absolute atomic E-state index is 0. The average molecular weight is 287 g/mol. The monoisotopic (exact) mass is 288 g/mol. The number of hydrogen-bond acceptors (Lipinski definition) is 3. The van der Waals surface area contributed by atoms with Gasteiger partial charge in [-0.2, -0.15) is 0 Å². The van der Waals surface area contributed by atoms with Crippen molar-refractivity contribution in [1.82, 2.24) is 5.32 Å². The Balaban J connectivity index is 0. The summed E-state index contributed by atoms with van der Waals surface area (Å²) in [5.41, 5.74) is 10.2. The summed E-state index contributed by atoms with van der Waals surface area (Å²) in [6.07, 6.45) is 0.975. The van der Waals surface area contributed by atoms with Crippen LogP contribution in [-0.2, 0) is 32.1 Å². The number of aliphatic carboxylic acids is 1. The molecule has 0 aliphatic carbocycles. The first-order chi connectivity index (χ1) is 5.54.